The topological polar surface area (TPSA) is 116 Å². The van der Waals surface area contributed by atoms with Gasteiger partial charge in [0.1, 0.15) is 5.82 Å². The first-order chi connectivity index (χ1) is 19.9. The van der Waals surface area contributed by atoms with Gasteiger partial charge in [-0.25, -0.2) is 4.98 Å². The number of carbonyl (C=O) groups excluding carboxylic acids is 2. The molecule has 9 heteroatoms. The lowest BCUT2D eigenvalue weighted by atomic mass is 10.1. The average molecular weight is 553 g/mol. The monoisotopic (exact) mass is 552 g/mol. The van der Waals surface area contributed by atoms with E-state index < -0.39 is 0 Å². The molecule has 41 heavy (non-hydrogen) atoms. The van der Waals surface area contributed by atoms with Gasteiger partial charge in [0.15, 0.2) is 11.5 Å². The van der Waals surface area contributed by atoms with E-state index in [1.807, 2.05) is 30.3 Å². The lowest BCUT2D eigenvalue weighted by Crippen LogP contribution is -2.31. The maximum absolute atomic E-state index is 13.5. The Hall–Kier alpha value is -5.31. The summed E-state index contributed by atoms with van der Waals surface area (Å²) in [5.41, 5.74) is 9.16. The van der Waals surface area contributed by atoms with Gasteiger partial charge >= 0.3 is 0 Å². The summed E-state index contributed by atoms with van der Waals surface area (Å²) >= 11 is 0. The van der Waals surface area contributed by atoms with E-state index in [-0.39, 0.29) is 11.8 Å². The molecule has 2 amide bonds. The second-order valence-corrected chi connectivity index (χ2v) is 8.99. The maximum atomic E-state index is 13.5. The Bertz CT molecular complexity index is 1500. The number of amides is 2. The maximum Gasteiger partial charge on any atom is 0.255 e. The van der Waals surface area contributed by atoms with Crippen molar-refractivity contribution in [2.24, 2.45) is 0 Å². The number of nitrogen functional groups attached to an aromatic ring is 1. The van der Waals surface area contributed by atoms with Gasteiger partial charge in [0.05, 0.1) is 21.3 Å². The third-order valence-corrected chi connectivity index (χ3v) is 6.32. The van der Waals surface area contributed by atoms with E-state index in [9.17, 15) is 9.59 Å². The van der Waals surface area contributed by atoms with Crippen LogP contribution in [0, 0.1) is 0 Å². The molecule has 0 aliphatic carbocycles. The number of pyridine rings is 1. The van der Waals surface area contributed by atoms with Crippen molar-refractivity contribution in [3.8, 4) is 17.2 Å². The molecule has 210 valence electrons. The van der Waals surface area contributed by atoms with Gasteiger partial charge in [-0.05, 0) is 66.1 Å². The summed E-state index contributed by atoms with van der Waals surface area (Å²) < 4.78 is 16.2. The van der Waals surface area contributed by atoms with Crippen molar-refractivity contribution in [3.63, 3.8) is 0 Å². The number of anilines is 3. The SMILES string of the molecule is COc1cc(C=CC(=O)N(CCc2ccccc2)c2ccc(C(=O)Nc3ccnc(N)c3)cc2)cc(OC)c1OC. The summed E-state index contributed by atoms with van der Waals surface area (Å²) in [6.45, 7) is 0.435. The molecule has 0 saturated heterocycles. The van der Waals surface area contributed by atoms with Crippen LogP contribution in [0.2, 0.25) is 0 Å². The van der Waals surface area contributed by atoms with Gasteiger partial charge < -0.3 is 30.2 Å². The second kappa shape index (κ2) is 13.7. The van der Waals surface area contributed by atoms with Gasteiger partial charge in [-0.3, -0.25) is 9.59 Å². The molecule has 0 unspecified atom stereocenters. The highest BCUT2D eigenvalue weighted by Crippen LogP contribution is 2.38. The Morgan fingerprint density at radius 3 is 2.20 bits per heavy atom. The van der Waals surface area contributed by atoms with E-state index >= 15 is 0 Å². The number of carbonyl (C=O) groups is 2. The largest absolute Gasteiger partial charge is 0.493 e. The molecule has 0 radical (unpaired) electrons. The van der Waals surface area contributed by atoms with E-state index in [2.05, 4.69) is 10.3 Å². The highest BCUT2D eigenvalue weighted by Gasteiger charge is 2.16. The van der Waals surface area contributed by atoms with Crippen LogP contribution >= 0.6 is 0 Å². The van der Waals surface area contributed by atoms with Crippen molar-refractivity contribution in [2.75, 3.05) is 43.8 Å². The Morgan fingerprint density at radius 2 is 1.59 bits per heavy atom. The van der Waals surface area contributed by atoms with Gasteiger partial charge in [0, 0.05) is 41.8 Å². The minimum absolute atomic E-state index is 0.223. The quantitative estimate of drug-likeness (QED) is 0.245. The number of aromatic nitrogens is 1. The number of ether oxygens (including phenoxy) is 3. The fourth-order valence-corrected chi connectivity index (χ4v) is 4.23. The third kappa shape index (κ3) is 7.42. The minimum atomic E-state index is -0.299. The van der Waals surface area contributed by atoms with Gasteiger partial charge in [0.2, 0.25) is 5.75 Å². The first-order valence-corrected chi connectivity index (χ1v) is 12.9. The molecule has 4 aromatic rings. The Morgan fingerprint density at radius 1 is 0.902 bits per heavy atom. The molecule has 9 nitrogen and oxygen atoms in total. The van der Waals surface area contributed by atoms with Gasteiger partial charge in [-0.15, -0.1) is 0 Å². The predicted molar refractivity (Wildman–Crippen MR) is 161 cm³/mol. The zero-order valence-corrected chi connectivity index (χ0v) is 23.2. The van der Waals surface area contributed by atoms with Crippen molar-refractivity contribution in [1.82, 2.24) is 4.98 Å². The highest BCUT2D eigenvalue weighted by atomic mass is 16.5. The molecule has 0 bridgehead atoms. The van der Waals surface area contributed by atoms with Crippen LogP contribution in [0.3, 0.4) is 0 Å². The van der Waals surface area contributed by atoms with Crippen molar-refractivity contribution in [1.29, 1.82) is 0 Å². The highest BCUT2D eigenvalue weighted by molar-refractivity contribution is 6.06. The summed E-state index contributed by atoms with van der Waals surface area (Å²) in [4.78, 5) is 31.9. The van der Waals surface area contributed by atoms with Crippen LogP contribution in [0.1, 0.15) is 21.5 Å². The first-order valence-electron chi connectivity index (χ1n) is 12.9. The standard InChI is InChI=1S/C32H32N4O5/c1-39-27-19-23(20-28(40-2)31(27)41-3)9-14-30(37)36(18-16-22-7-5-4-6-8-22)26-12-10-24(11-13-26)32(38)35-25-15-17-34-29(33)21-25/h4-15,17,19-21H,16,18H2,1-3H3,(H3,33,34,35,38). The number of nitrogens with two attached hydrogens (primary N) is 1. The Kier molecular flexibility index (Phi) is 9.56. The molecular formula is C32H32N4O5. The molecule has 1 aromatic heterocycles. The summed E-state index contributed by atoms with van der Waals surface area (Å²) in [7, 11) is 4.61. The number of methoxy groups -OCH3 is 3. The first kappa shape index (κ1) is 28.7. The Labute approximate surface area is 239 Å². The van der Waals surface area contributed by atoms with Gasteiger partial charge in [-0.2, -0.15) is 0 Å². The van der Waals surface area contributed by atoms with Gasteiger partial charge in [0.25, 0.3) is 11.8 Å². The fourth-order valence-electron chi connectivity index (χ4n) is 4.23. The molecule has 4 rings (SSSR count). The summed E-state index contributed by atoms with van der Waals surface area (Å²) in [6.07, 6.45) is 5.37. The van der Waals surface area contributed by atoms with Crippen LogP contribution in [0.15, 0.2) is 91.1 Å². The van der Waals surface area contributed by atoms with Crippen molar-refractivity contribution in [2.45, 2.75) is 6.42 Å². The molecule has 3 N–H and O–H groups in total. The average Bonchev–Trinajstić information content (AvgIpc) is 3.00. The number of nitrogens with one attached hydrogen (secondary N) is 1. The number of rotatable bonds is 11. The zero-order chi connectivity index (χ0) is 29.2. The van der Waals surface area contributed by atoms with Crippen LogP contribution in [-0.4, -0.2) is 44.7 Å². The van der Waals surface area contributed by atoms with E-state index in [0.717, 1.165) is 5.56 Å². The van der Waals surface area contributed by atoms with Crippen LogP contribution in [0.25, 0.3) is 6.08 Å². The molecule has 0 saturated carbocycles. The molecule has 0 aliphatic rings. The van der Waals surface area contributed by atoms with E-state index in [0.29, 0.717) is 58.5 Å². The lowest BCUT2D eigenvalue weighted by Gasteiger charge is -2.22. The number of nitrogens with zero attached hydrogens (tertiary/aromatic N) is 2. The normalized spacial score (nSPS) is 10.7. The molecule has 0 atom stereocenters. The lowest BCUT2D eigenvalue weighted by molar-refractivity contribution is -0.114. The number of hydrogen-bond donors (Lipinski definition) is 2. The molecular weight excluding hydrogens is 520 g/mol. The zero-order valence-electron chi connectivity index (χ0n) is 23.2. The van der Waals surface area contributed by atoms with E-state index in [1.165, 1.54) is 33.6 Å². The van der Waals surface area contributed by atoms with Crippen LogP contribution in [0.5, 0.6) is 17.2 Å². The fraction of sp³-hybridized carbons (Fsp3) is 0.156. The number of benzene rings is 3. The molecule has 0 spiro atoms. The minimum Gasteiger partial charge on any atom is -0.493 e. The van der Waals surface area contributed by atoms with E-state index in [1.54, 1.807) is 59.5 Å². The summed E-state index contributed by atoms with van der Waals surface area (Å²) in [6, 6.07) is 23.6. The van der Waals surface area contributed by atoms with E-state index in [4.69, 9.17) is 19.9 Å². The van der Waals surface area contributed by atoms with Gasteiger partial charge in [-0.1, -0.05) is 30.3 Å². The molecule has 0 aliphatic heterocycles. The molecule has 0 fully saturated rings. The van der Waals surface area contributed by atoms with Crippen LogP contribution in [-0.2, 0) is 11.2 Å². The van der Waals surface area contributed by atoms with Crippen molar-refractivity contribution in [3.05, 3.63) is 108 Å². The van der Waals surface area contributed by atoms with Crippen molar-refractivity contribution < 1.29 is 23.8 Å². The van der Waals surface area contributed by atoms with Crippen LogP contribution < -0.4 is 30.2 Å². The third-order valence-electron chi connectivity index (χ3n) is 6.32. The summed E-state index contributed by atoms with van der Waals surface area (Å²) in [5.74, 6) is 1.24. The number of hydrogen-bond acceptors (Lipinski definition) is 7. The summed E-state index contributed by atoms with van der Waals surface area (Å²) in [5, 5.41) is 2.80. The smallest absolute Gasteiger partial charge is 0.255 e. The molecule has 3 aromatic carbocycles. The second-order valence-electron chi connectivity index (χ2n) is 8.99. The Balaban J connectivity index is 1.57. The molecule has 1 heterocycles. The predicted octanol–water partition coefficient (Wildman–Crippen LogP) is 5.23. The van der Waals surface area contributed by atoms with Crippen molar-refractivity contribution >= 4 is 35.1 Å². The van der Waals surface area contributed by atoms with Crippen LogP contribution in [0.4, 0.5) is 17.2 Å².